The lowest BCUT2D eigenvalue weighted by atomic mass is 9.83. The van der Waals surface area contributed by atoms with Crippen LogP contribution in [-0.4, -0.2) is 12.6 Å². The molecule has 2 aliphatic rings. The van der Waals surface area contributed by atoms with E-state index in [0.29, 0.717) is 0 Å². The highest BCUT2D eigenvalue weighted by Gasteiger charge is 2.32. The van der Waals surface area contributed by atoms with Crippen LogP contribution in [0.5, 0.6) is 0 Å². The number of nitrogens with one attached hydrogen (secondary N) is 1. The summed E-state index contributed by atoms with van der Waals surface area (Å²) in [5.74, 6) is 2.07. The largest absolute Gasteiger partial charge is 0.314 e. The summed E-state index contributed by atoms with van der Waals surface area (Å²) in [6.07, 6.45) is 13.4. The summed E-state index contributed by atoms with van der Waals surface area (Å²) < 4.78 is 0. The molecule has 88 valence electrons. The maximum Gasteiger partial charge on any atom is 0.00978 e. The lowest BCUT2D eigenvalue weighted by molar-refractivity contribution is 0.255. The van der Waals surface area contributed by atoms with Crippen LogP contribution in [0.15, 0.2) is 0 Å². The van der Waals surface area contributed by atoms with Crippen LogP contribution in [0.2, 0.25) is 0 Å². The van der Waals surface area contributed by atoms with Gasteiger partial charge >= 0.3 is 0 Å². The van der Waals surface area contributed by atoms with Crippen molar-refractivity contribution < 1.29 is 0 Å². The lowest BCUT2D eigenvalue weighted by Gasteiger charge is -2.28. The van der Waals surface area contributed by atoms with Crippen LogP contribution in [-0.2, 0) is 0 Å². The van der Waals surface area contributed by atoms with Gasteiger partial charge in [-0.15, -0.1) is 0 Å². The van der Waals surface area contributed by atoms with Crippen molar-refractivity contribution in [3.05, 3.63) is 0 Å². The first kappa shape index (κ1) is 11.4. The molecular weight excluding hydrogens is 182 g/mol. The zero-order valence-electron chi connectivity index (χ0n) is 10.3. The van der Waals surface area contributed by atoms with Crippen molar-refractivity contribution in [3.8, 4) is 0 Å². The quantitative estimate of drug-likeness (QED) is 0.698. The molecular formula is C14H27N. The Kier molecular flexibility index (Phi) is 4.49. The second kappa shape index (κ2) is 5.89. The van der Waals surface area contributed by atoms with Crippen molar-refractivity contribution in [3.63, 3.8) is 0 Å². The van der Waals surface area contributed by atoms with Gasteiger partial charge in [-0.05, 0) is 31.2 Å². The van der Waals surface area contributed by atoms with E-state index in [-0.39, 0.29) is 0 Å². The van der Waals surface area contributed by atoms with Gasteiger partial charge in [-0.2, -0.15) is 0 Å². The van der Waals surface area contributed by atoms with E-state index in [1.807, 2.05) is 0 Å². The minimum absolute atomic E-state index is 0.859. The summed E-state index contributed by atoms with van der Waals surface area (Å²) in [4.78, 5) is 0. The monoisotopic (exact) mass is 209 g/mol. The number of hydrogen-bond donors (Lipinski definition) is 1. The molecule has 0 spiro atoms. The normalized spacial score (nSPS) is 34.2. The average Bonchev–Trinajstić information content (AvgIpc) is 2.53. The van der Waals surface area contributed by atoms with Gasteiger partial charge in [0, 0.05) is 6.04 Å². The van der Waals surface area contributed by atoms with E-state index < -0.39 is 0 Å². The van der Waals surface area contributed by atoms with Gasteiger partial charge in [0.2, 0.25) is 0 Å². The van der Waals surface area contributed by atoms with E-state index in [0.717, 1.165) is 24.4 Å². The Morgan fingerprint density at radius 1 is 0.867 bits per heavy atom. The molecule has 0 bridgehead atoms. The fourth-order valence-electron chi connectivity index (χ4n) is 3.81. The molecule has 2 atom stereocenters. The van der Waals surface area contributed by atoms with Crippen LogP contribution in [0.3, 0.4) is 0 Å². The van der Waals surface area contributed by atoms with E-state index in [9.17, 15) is 0 Å². The maximum atomic E-state index is 3.71. The molecule has 0 radical (unpaired) electrons. The highest BCUT2D eigenvalue weighted by molar-refractivity contribution is 4.87. The van der Waals surface area contributed by atoms with Gasteiger partial charge in [-0.25, -0.2) is 0 Å². The summed E-state index contributed by atoms with van der Waals surface area (Å²) in [5, 5.41) is 3.71. The molecule has 2 unspecified atom stereocenters. The summed E-state index contributed by atoms with van der Waals surface area (Å²) >= 11 is 0. The Morgan fingerprint density at radius 3 is 2.27 bits per heavy atom. The van der Waals surface area contributed by atoms with Crippen LogP contribution >= 0.6 is 0 Å². The third-order valence-electron chi connectivity index (χ3n) is 4.54. The fourth-order valence-corrected chi connectivity index (χ4v) is 3.81. The Morgan fingerprint density at radius 2 is 1.60 bits per heavy atom. The maximum absolute atomic E-state index is 3.71. The Bertz CT molecular complexity index is 170. The second-order valence-electron chi connectivity index (χ2n) is 5.51. The van der Waals surface area contributed by atoms with E-state index >= 15 is 0 Å². The molecule has 0 aromatic carbocycles. The second-order valence-corrected chi connectivity index (χ2v) is 5.51. The minimum atomic E-state index is 0.859. The number of hydrogen-bond acceptors (Lipinski definition) is 1. The highest BCUT2D eigenvalue weighted by atomic mass is 14.9. The lowest BCUT2D eigenvalue weighted by Crippen LogP contribution is -2.35. The van der Waals surface area contributed by atoms with Crippen molar-refractivity contribution >= 4 is 0 Å². The summed E-state index contributed by atoms with van der Waals surface area (Å²) in [6, 6.07) is 0.859. The van der Waals surface area contributed by atoms with Crippen molar-refractivity contribution in [2.24, 2.45) is 11.8 Å². The van der Waals surface area contributed by atoms with Gasteiger partial charge in [0.1, 0.15) is 0 Å². The van der Waals surface area contributed by atoms with E-state index in [4.69, 9.17) is 0 Å². The highest BCUT2D eigenvalue weighted by Crippen LogP contribution is 2.38. The molecule has 1 nitrogen and oxygen atoms in total. The molecule has 0 heterocycles. The van der Waals surface area contributed by atoms with E-state index in [2.05, 4.69) is 12.2 Å². The first-order chi connectivity index (χ1) is 7.42. The SMILES string of the molecule is CCNC1CCCC1C1CCCCCC1. The van der Waals surface area contributed by atoms with Crippen molar-refractivity contribution in [1.82, 2.24) is 5.32 Å². The van der Waals surface area contributed by atoms with Crippen LogP contribution < -0.4 is 5.32 Å². The van der Waals surface area contributed by atoms with Crippen molar-refractivity contribution in [2.75, 3.05) is 6.54 Å². The molecule has 0 saturated heterocycles. The third-order valence-corrected chi connectivity index (χ3v) is 4.54. The van der Waals surface area contributed by atoms with Gasteiger partial charge in [-0.3, -0.25) is 0 Å². The zero-order valence-corrected chi connectivity index (χ0v) is 10.3. The van der Waals surface area contributed by atoms with Gasteiger partial charge < -0.3 is 5.32 Å². The van der Waals surface area contributed by atoms with Crippen molar-refractivity contribution in [2.45, 2.75) is 70.8 Å². The Balaban J connectivity index is 1.89. The first-order valence-electron chi connectivity index (χ1n) is 7.15. The molecule has 2 saturated carbocycles. The summed E-state index contributed by atoms with van der Waals surface area (Å²) in [5.41, 5.74) is 0. The van der Waals surface area contributed by atoms with Gasteiger partial charge in [0.25, 0.3) is 0 Å². The van der Waals surface area contributed by atoms with E-state index in [1.54, 1.807) is 0 Å². The summed E-state index contributed by atoms with van der Waals surface area (Å²) in [7, 11) is 0. The number of rotatable bonds is 3. The molecule has 1 heteroatoms. The molecule has 15 heavy (non-hydrogen) atoms. The zero-order chi connectivity index (χ0) is 10.5. The molecule has 0 aromatic heterocycles. The topological polar surface area (TPSA) is 12.0 Å². The predicted octanol–water partition coefficient (Wildman–Crippen LogP) is 3.74. The smallest absolute Gasteiger partial charge is 0.00978 e. The Hall–Kier alpha value is -0.0400. The molecule has 0 aliphatic heterocycles. The molecule has 1 N–H and O–H groups in total. The molecule has 2 fully saturated rings. The molecule has 0 aromatic rings. The third kappa shape index (κ3) is 2.96. The summed E-state index contributed by atoms with van der Waals surface area (Å²) in [6.45, 7) is 3.41. The van der Waals surface area contributed by atoms with E-state index in [1.165, 1.54) is 57.8 Å². The average molecular weight is 209 g/mol. The molecule has 2 aliphatic carbocycles. The Labute approximate surface area is 95.0 Å². The first-order valence-corrected chi connectivity index (χ1v) is 7.15. The van der Waals surface area contributed by atoms with Gasteiger partial charge in [0.05, 0.1) is 0 Å². The van der Waals surface area contributed by atoms with Crippen LogP contribution in [0, 0.1) is 11.8 Å². The standard InChI is InChI=1S/C14H27N/c1-2-15-14-11-7-10-13(14)12-8-5-3-4-6-9-12/h12-15H,2-11H2,1H3. The van der Waals surface area contributed by atoms with Crippen molar-refractivity contribution in [1.29, 1.82) is 0 Å². The fraction of sp³-hybridized carbons (Fsp3) is 1.00. The minimum Gasteiger partial charge on any atom is -0.314 e. The predicted molar refractivity (Wildman–Crippen MR) is 66.0 cm³/mol. The van der Waals surface area contributed by atoms with Gasteiger partial charge in [-0.1, -0.05) is 51.9 Å². The molecule has 0 amide bonds. The van der Waals surface area contributed by atoms with Crippen LogP contribution in [0.1, 0.15) is 64.7 Å². The van der Waals surface area contributed by atoms with Crippen LogP contribution in [0.25, 0.3) is 0 Å². The van der Waals surface area contributed by atoms with Crippen LogP contribution in [0.4, 0.5) is 0 Å². The van der Waals surface area contributed by atoms with Gasteiger partial charge in [0.15, 0.2) is 0 Å². The molecule has 2 rings (SSSR count).